The first kappa shape index (κ1) is 16.0. The fourth-order valence-electron chi connectivity index (χ4n) is 4.50. The molecule has 0 aromatic heterocycles. The number of nitrogens with one attached hydrogen (secondary N) is 2. The lowest BCUT2D eigenvalue weighted by Crippen LogP contribution is -3.29. The minimum Gasteiger partial charge on any atom is -0.323 e. The Kier molecular flexibility index (Phi) is 5.54. The Morgan fingerprint density at radius 1 is 0.955 bits per heavy atom. The topological polar surface area (TPSA) is 8.88 Å². The zero-order chi connectivity index (χ0) is 15.4. The van der Waals surface area contributed by atoms with Crippen molar-refractivity contribution in [2.75, 3.05) is 26.2 Å². The Hall–Kier alpha value is -0.860. The predicted molar refractivity (Wildman–Crippen MR) is 92.3 cm³/mol. The van der Waals surface area contributed by atoms with E-state index in [1.807, 2.05) is 4.90 Å². The lowest BCUT2D eigenvalue weighted by atomic mass is 9.86. The van der Waals surface area contributed by atoms with Gasteiger partial charge in [-0.25, -0.2) is 0 Å². The molecule has 1 aliphatic heterocycles. The highest BCUT2D eigenvalue weighted by Gasteiger charge is 2.32. The number of hydrogen-bond donors (Lipinski definition) is 2. The third-order valence-electron chi connectivity index (χ3n) is 6.00. The summed E-state index contributed by atoms with van der Waals surface area (Å²) >= 11 is 0. The van der Waals surface area contributed by atoms with Gasteiger partial charge in [0.05, 0.1) is 6.04 Å². The molecule has 1 saturated carbocycles. The molecule has 0 unspecified atom stereocenters. The maximum absolute atomic E-state index is 2.45. The van der Waals surface area contributed by atoms with Gasteiger partial charge in [-0.05, 0) is 30.7 Å². The summed E-state index contributed by atoms with van der Waals surface area (Å²) in [7, 11) is 0. The van der Waals surface area contributed by atoms with Gasteiger partial charge in [0.25, 0.3) is 0 Å². The van der Waals surface area contributed by atoms with E-state index in [-0.39, 0.29) is 0 Å². The number of rotatable bonds is 4. The van der Waals surface area contributed by atoms with Crippen LogP contribution < -0.4 is 9.80 Å². The molecule has 2 heteroatoms. The molecular formula is C20H34N2+2. The van der Waals surface area contributed by atoms with Crippen LogP contribution in [0.15, 0.2) is 24.3 Å². The molecule has 1 aliphatic carbocycles. The monoisotopic (exact) mass is 302 g/mol. The molecule has 1 aromatic carbocycles. The van der Waals surface area contributed by atoms with E-state index in [1.54, 1.807) is 4.90 Å². The first-order valence-corrected chi connectivity index (χ1v) is 9.50. The highest BCUT2D eigenvalue weighted by atomic mass is 15.3. The molecule has 2 N–H and O–H groups in total. The second kappa shape index (κ2) is 7.61. The van der Waals surface area contributed by atoms with Crippen LogP contribution in [0.25, 0.3) is 0 Å². The maximum Gasteiger partial charge on any atom is 0.127 e. The lowest BCUT2D eigenvalue weighted by Gasteiger charge is -2.37. The summed E-state index contributed by atoms with van der Waals surface area (Å²) in [6.07, 6.45) is 7.04. The summed E-state index contributed by atoms with van der Waals surface area (Å²) < 4.78 is 0. The van der Waals surface area contributed by atoms with E-state index >= 15 is 0 Å². The van der Waals surface area contributed by atoms with Crippen LogP contribution in [0.3, 0.4) is 0 Å². The van der Waals surface area contributed by atoms with Crippen molar-refractivity contribution in [3.05, 3.63) is 35.4 Å². The first-order chi connectivity index (χ1) is 10.7. The molecule has 22 heavy (non-hydrogen) atoms. The molecule has 0 amide bonds. The van der Waals surface area contributed by atoms with Gasteiger partial charge >= 0.3 is 0 Å². The first-order valence-electron chi connectivity index (χ1n) is 9.50. The minimum absolute atomic E-state index is 0.966. The van der Waals surface area contributed by atoms with Gasteiger partial charge in [-0.15, -0.1) is 0 Å². The second-order valence-electron chi connectivity index (χ2n) is 7.72. The van der Waals surface area contributed by atoms with E-state index in [1.165, 1.54) is 69.5 Å². The van der Waals surface area contributed by atoms with Crippen LogP contribution in [-0.4, -0.2) is 32.2 Å². The zero-order valence-electron chi connectivity index (χ0n) is 14.5. The zero-order valence-corrected chi connectivity index (χ0v) is 14.5. The van der Waals surface area contributed by atoms with Crippen LogP contribution in [0.4, 0.5) is 0 Å². The molecule has 1 saturated heterocycles. The van der Waals surface area contributed by atoms with Crippen molar-refractivity contribution in [3.63, 3.8) is 0 Å². The average molecular weight is 303 g/mol. The number of benzene rings is 1. The molecule has 2 fully saturated rings. The second-order valence-corrected chi connectivity index (χ2v) is 7.72. The lowest BCUT2D eigenvalue weighted by molar-refractivity contribution is -1.03. The van der Waals surface area contributed by atoms with Crippen molar-refractivity contribution in [2.24, 2.45) is 5.92 Å². The van der Waals surface area contributed by atoms with Crippen molar-refractivity contribution in [1.82, 2.24) is 0 Å². The van der Waals surface area contributed by atoms with Crippen LogP contribution in [0.2, 0.25) is 0 Å². The van der Waals surface area contributed by atoms with Gasteiger partial charge in [0.1, 0.15) is 32.7 Å². The number of piperazine rings is 1. The Balaban J connectivity index is 1.46. The van der Waals surface area contributed by atoms with E-state index in [9.17, 15) is 0 Å². The summed E-state index contributed by atoms with van der Waals surface area (Å²) in [5, 5.41) is 0. The van der Waals surface area contributed by atoms with E-state index < -0.39 is 0 Å². The normalized spacial score (nSPS) is 32.8. The molecule has 2 nitrogen and oxygen atoms in total. The summed E-state index contributed by atoms with van der Waals surface area (Å²) in [6.45, 7) is 11.4. The molecule has 2 atom stereocenters. The molecule has 0 bridgehead atoms. The van der Waals surface area contributed by atoms with Gasteiger partial charge < -0.3 is 9.80 Å². The van der Waals surface area contributed by atoms with Crippen molar-refractivity contribution < 1.29 is 9.80 Å². The van der Waals surface area contributed by atoms with E-state index in [0.717, 1.165) is 18.4 Å². The van der Waals surface area contributed by atoms with Gasteiger partial charge in [-0.1, -0.05) is 44.5 Å². The SMILES string of the molecule is CCc1ccc(C[NH+]2CC[NH+]([C@H]3CCC[C@@H](C)C3)CC2)cc1. The van der Waals surface area contributed by atoms with Gasteiger partial charge in [0.2, 0.25) is 0 Å². The summed E-state index contributed by atoms with van der Waals surface area (Å²) in [5.74, 6) is 0.966. The van der Waals surface area contributed by atoms with Gasteiger partial charge in [0, 0.05) is 12.0 Å². The highest BCUT2D eigenvalue weighted by Crippen LogP contribution is 2.21. The molecule has 0 radical (unpaired) electrons. The number of hydrogen-bond acceptors (Lipinski definition) is 0. The summed E-state index contributed by atoms with van der Waals surface area (Å²) in [6, 6.07) is 10.3. The molecule has 122 valence electrons. The molecule has 1 aromatic rings. The van der Waals surface area contributed by atoms with Crippen molar-refractivity contribution >= 4 is 0 Å². The van der Waals surface area contributed by atoms with Crippen molar-refractivity contribution in [2.45, 2.75) is 58.5 Å². The fourth-order valence-corrected chi connectivity index (χ4v) is 4.50. The largest absolute Gasteiger partial charge is 0.323 e. The number of aryl methyl sites for hydroxylation is 1. The van der Waals surface area contributed by atoms with Gasteiger partial charge in [-0.2, -0.15) is 0 Å². The van der Waals surface area contributed by atoms with Crippen LogP contribution in [-0.2, 0) is 13.0 Å². The Labute approximate surface area is 136 Å². The molecule has 2 aliphatic rings. The standard InChI is InChI=1S/C20H32N2/c1-3-18-7-9-19(10-8-18)16-21-11-13-22(14-12-21)20-6-4-5-17(2)15-20/h7-10,17,20H,3-6,11-16H2,1-2H3/p+2/t17-,20+/m1/s1. The smallest absolute Gasteiger partial charge is 0.127 e. The average Bonchev–Trinajstić information content (AvgIpc) is 2.56. The van der Waals surface area contributed by atoms with Crippen LogP contribution in [0, 0.1) is 5.92 Å². The van der Waals surface area contributed by atoms with E-state index in [0.29, 0.717) is 0 Å². The molecule has 0 spiro atoms. The van der Waals surface area contributed by atoms with E-state index in [2.05, 4.69) is 38.1 Å². The molecular weight excluding hydrogens is 268 g/mol. The maximum atomic E-state index is 2.45. The number of quaternary nitrogens is 2. The van der Waals surface area contributed by atoms with Gasteiger partial charge in [0.15, 0.2) is 0 Å². The summed E-state index contributed by atoms with van der Waals surface area (Å²) in [4.78, 5) is 3.70. The van der Waals surface area contributed by atoms with Gasteiger partial charge in [-0.3, -0.25) is 0 Å². The van der Waals surface area contributed by atoms with Crippen molar-refractivity contribution in [3.8, 4) is 0 Å². The molecule has 1 heterocycles. The minimum atomic E-state index is 0.966. The predicted octanol–water partition coefficient (Wildman–Crippen LogP) is 1.11. The van der Waals surface area contributed by atoms with Crippen LogP contribution in [0.5, 0.6) is 0 Å². The van der Waals surface area contributed by atoms with E-state index in [4.69, 9.17) is 0 Å². The third kappa shape index (κ3) is 4.11. The Morgan fingerprint density at radius 3 is 2.27 bits per heavy atom. The Morgan fingerprint density at radius 2 is 1.64 bits per heavy atom. The van der Waals surface area contributed by atoms with Crippen molar-refractivity contribution in [1.29, 1.82) is 0 Å². The van der Waals surface area contributed by atoms with Crippen LogP contribution in [0.1, 0.15) is 50.7 Å². The Bertz CT molecular complexity index is 445. The molecule has 3 rings (SSSR count). The fraction of sp³-hybridized carbons (Fsp3) is 0.700. The quantitative estimate of drug-likeness (QED) is 0.824. The van der Waals surface area contributed by atoms with Crippen LogP contribution >= 0.6 is 0 Å². The third-order valence-corrected chi connectivity index (χ3v) is 6.00. The highest BCUT2D eigenvalue weighted by molar-refractivity contribution is 5.21. The summed E-state index contributed by atoms with van der Waals surface area (Å²) in [5.41, 5.74) is 2.97.